The number of hydrogen-bond donors (Lipinski definition) is 0. The van der Waals surface area contributed by atoms with Crippen LogP contribution in [0.3, 0.4) is 0 Å². The van der Waals surface area contributed by atoms with Crippen molar-refractivity contribution in [3.05, 3.63) is 125 Å². The number of rotatable bonds is 8. The van der Waals surface area contributed by atoms with Crippen molar-refractivity contribution in [3.63, 3.8) is 0 Å². The SMILES string of the molecule is CCCC[B-](c1ccccc1)(c1ccccc1)c1ccccc1.c1ccc([I+]C2CCCCC2)cc1. The molecule has 0 aromatic heterocycles. The molecule has 1 aliphatic carbocycles. The highest BCUT2D eigenvalue weighted by Crippen LogP contribution is 2.16. The summed E-state index contributed by atoms with van der Waals surface area (Å²) in [6, 6.07) is 44.3. The summed E-state index contributed by atoms with van der Waals surface area (Å²) in [5.41, 5.74) is 4.33. The number of unbranched alkanes of at least 4 members (excludes halogenated alkanes) is 1. The van der Waals surface area contributed by atoms with Crippen molar-refractivity contribution in [1.29, 1.82) is 0 Å². The minimum absolute atomic E-state index is 0.306. The van der Waals surface area contributed by atoms with Crippen molar-refractivity contribution < 1.29 is 21.2 Å². The Balaban J connectivity index is 0.000000197. The summed E-state index contributed by atoms with van der Waals surface area (Å²) in [6.45, 7) is 2.28. The van der Waals surface area contributed by atoms with Crippen LogP contribution in [-0.4, -0.2) is 10.1 Å². The van der Waals surface area contributed by atoms with E-state index in [0.717, 1.165) is 3.92 Å². The maximum Gasteiger partial charge on any atom is 0.316 e. The lowest BCUT2D eigenvalue weighted by Gasteiger charge is -2.43. The lowest BCUT2D eigenvalue weighted by Crippen LogP contribution is -3.65. The van der Waals surface area contributed by atoms with Gasteiger partial charge in [0.25, 0.3) is 0 Å². The third kappa shape index (κ3) is 7.13. The molecule has 0 saturated heterocycles. The monoisotopic (exact) mass is 586 g/mol. The Morgan fingerprint density at radius 3 is 1.42 bits per heavy atom. The van der Waals surface area contributed by atoms with Crippen LogP contribution in [-0.2, 0) is 0 Å². The van der Waals surface area contributed by atoms with Gasteiger partial charge >= 0.3 is 21.2 Å². The molecule has 1 saturated carbocycles. The Bertz CT molecular complexity index is 1010. The van der Waals surface area contributed by atoms with Gasteiger partial charge in [0, 0.05) is 0 Å². The van der Waals surface area contributed by atoms with Crippen molar-refractivity contribution in [2.75, 3.05) is 0 Å². The topological polar surface area (TPSA) is 0 Å². The molecule has 1 fully saturated rings. The third-order valence-corrected chi connectivity index (χ3v) is 11.2. The average molecular weight is 586 g/mol. The number of hydrogen-bond acceptors (Lipinski definition) is 0. The molecule has 0 bridgehead atoms. The molecule has 0 N–H and O–H groups in total. The number of alkyl halides is 1. The summed E-state index contributed by atoms with van der Waals surface area (Å²) in [4.78, 5) is 0. The first kappa shape index (κ1) is 26.7. The second-order valence-electron chi connectivity index (χ2n) is 10.1. The normalized spacial score (nSPS) is 14.0. The molecule has 2 heteroatoms. The van der Waals surface area contributed by atoms with Crippen LogP contribution in [0.15, 0.2) is 121 Å². The molecule has 5 rings (SSSR count). The summed E-state index contributed by atoms with van der Waals surface area (Å²) in [5, 5.41) is 0. The van der Waals surface area contributed by atoms with Gasteiger partial charge in [-0.15, -0.1) is 0 Å². The van der Waals surface area contributed by atoms with E-state index in [1.54, 1.807) is 3.57 Å². The van der Waals surface area contributed by atoms with Gasteiger partial charge in [-0.1, -0.05) is 135 Å². The highest BCUT2D eigenvalue weighted by atomic mass is 127. The van der Waals surface area contributed by atoms with E-state index < -0.39 is 6.15 Å². The van der Waals surface area contributed by atoms with E-state index in [9.17, 15) is 0 Å². The molecular formula is C34H40BI. The van der Waals surface area contributed by atoms with Crippen LogP contribution in [0.1, 0.15) is 51.9 Å². The van der Waals surface area contributed by atoms with E-state index in [4.69, 9.17) is 0 Å². The predicted molar refractivity (Wildman–Crippen MR) is 156 cm³/mol. The fraction of sp³-hybridized carbons (Fsp3) is 0.294. The van der Waals surface area contributed by atoms with Crippen molar-refractivity contribution in [1.82, 2.24) is 0 Å². The van der Waals surface area contributed by atoms with Crippen molar-refractivity contribution in [2.45, 2.75) is 62.1 Å². The highest BCUT2D eigenvalue weighted by Gasteiger charge is 2.29. The Morgan fingerprint density at radius 2 is 1.00 bits per heavy atom. The summed E-state index contributed by atoms with van der Waals surface area (Å²) < 4.78 is 2.71. The van der Waals surface area contributed by atoms with E-state index in [2.05, 4.69) is 128 Å². The van der Waals surface area contributed by atoms with Crippen LogP contribution in [0.4, 0.5) is 0 Å². The molecule has 4 aromatic rings. The summed E-state index contributed by atoms with van der Waals surface area (Å²) in [7, 11) is 0. The molecule has 4 aromatic carbocycles. The Labute approximate surface area is 229 Å². The molecule has 0 aliphatic heterocycles. The largest absolute Gasteiger partial charge is 0.316 e. The van der Waals surface area contributed by atoms with Gasteiger partial charge in [-0.05, 0) is 37.8 Å². The average Bonchev–Trinajstić information content (AvgIpc) is 2.97. The van der Waals surface area contributed by atoms with Gasteiger partial charge < -0.3 is 0 Å². The van der Waals surface area contributed by atoms with E-state index in [-0.39, 0.29) is 0 Å². The fourth-order valence-electron chi connectivity index (χ4n) is 5.76. The fourth-order valence-corrected chi connectivity index (χ4v) is 9.11. The molecule has 186 valence electrons. The maximum absolute atomic E-state index is 2.31. The van der Waals surface area contributed by atoms with E-state index in [1.807, 2.05) is 0 Å². The highest BCUT2D eigenvalue weighted by molar-refractivity contribution is 7.11. The Kier molecular flexibility index (Phi) is 10.7. The minimum Gasteiger partial charge on any atom is -0.200 e. The lowest BCUT2D eigenvalue weighted by atomic mass is 9.14. The molecule has 0 unspecified atom stereocenters. The molecule has 0 nitrogen and oxygen atoms in total. The number of benzene rings is 4. The minimum atomic E-state index is -0.913. The molecule has 0 amide bonds. The van der Waals surface area contributed by atoms with Crippen molar-refractivity contribution >= 4 is 22.5 Å². The maximum atomic E-state index is 2.31. The quantitative estimate of drug-likeness (QED) is 0.165. The molecule has 0 radical (unpaired) electrons. The van der Waals surface area contributed by atoms with Gasteiger partial charge in [0.05, 0.1) is 6.15 Å². The van der Waals surface area contributed by atoms with Crippen molar-refractivity contribution in [2.24, 2.45) is 0 Å². The zero-order chi connectivity index (χ0) is 24.9. The number of halogens is 1. The van der Waals surface area contributed by atoms with Crippen LogP contribution < -0.4 is 37.6 Å². The van der Waals surface area contributed by atoms with Gasteiger partial charge in [-0.2, -0.15) is 22.7 Å². The Hall–Kier alpha value is -2.33. The zero-order valence-corrected chi connectivity index (χ0v) is 23.9. The van der Waals surface area contributed by atoms with Gasteiger partial charge in [0.2, 0.25) is 0 Å². The van der Waals surface area contributed by atoms with Gasteiger partial charge in [-0.3, -0.25) is 0 Å². The second-order valence-corrected chi connectivity index (χ2v) is 13.7. The van der Waals surface area contributed by atoms with Crippen molar-refractivity contribution in [3.8, 4) is 0 Å². The molecule has 0 heterocycles. The van der Waals surface area contributed by atoms with Crippen LogP contribution in [0, 0.1) is 3.57 Å². The van der Waals surface area contributed by atoms with E-state index in [1.165, 1.54) is 67.7 Å². The third-order valence-electron chi connectivity index (χ3n) is 7.64. The van der Waals surface area contributed by atoms with E-state index in [0.29, 0.717) is 21.2 Å². The summed E-state index contributed by atoms with van der Waals surface area (Å²) >= 11 is 0.306. The first-order valence-corrected chi connectivity index (χ1v) is 16.2. The standard InChI is InChI=1S/C22H24B.C12H16I/c1-2-3-19-23(20-13-7-4-8-14-20,21-15-9-5-10-16-21)22-17-11-6-12-18-22;1-3-7-11(8-4-1)13-12-9-5-2-6-10-12/h4-18H,2-3,19H2,1H3;1,3-4,7-8,12H,2,5-6,9-10H2/q-1;+1. The Morgan fingerprint density at radius 1 is 0.583 bits per heavy atom. The first-order valence-electron chi connectivity index (χ1n) is 13.8. The van der Waals surface area contributed by atoms with Crippen LogP contribution in [0.5, 0.6) is 0 Å². The molecule has 0 atom stereocenters. The summed E-state index contributed by atoms with van der Waals surface area (Å²) in [6.07, 6.45) is 10.2. The molecule has 0 spiro atoms. The molecule has 1 aliphatic rings. The predicted octanol–water partition coefficient (Wildman–Crippen LogP) is 4.23. The van der Waals surface area contributed by atoms with Crippen LogP contribution in [0.25, 0.3) is 0 Å². The second kappa shape index (κ2) is 14.4. The van der Waals surface area contributed by atoms with Gasteiger partial charge in [0.1, 0.15) is 0 Å². The summed E-state index contributed by atoms with van der Waals surface area (Å²) in [5.74, 6) is 0. The van der Waals surface area contributed by atoms with Crippen LogP contribution in [0.2, 0.25) is 6.32 Å². The molecular weight excluding hydrogens is 546 g/mol. The molecule has 36 heavy (non-hydrogen) atoms. The van der Waals surface area contributed by atoms with Gasteiger partial charge in [-0.25, -0.2) is 0 Å². The zero-order valence-electron chi connectivity index (χ0n) is 21.7. The smallest absolute Gasteiger partial charge is 0.200 e. The van der Waals surface area contributed by atoms with E-state index >= 15 is 0 Å². The first-order chi connectivity index (χ1) is 17.8. The lowest BCUT2D eigenvalue weighted by molar-refractivity contribution is -0.665. The van der Waals surface area contributed by atoms with Crippen LogP contribution >= 0.6 is 0 Å². The van der Waals surface area contributed by atoms with Gasteiger partial charge in [0.15, 0.2) is 7.49 Å².